The Balaban J connectivity index is 2.35. The van der Waals surface area contributed by atoms with E-state index in [0.717, 1.165) is 0 Å². The molecule has 0 aromatic heterocycles. The number of carboxylic acid groups (broad SMARTS) is 1. The number of halogens is 4. The summed E-state index contributed by atoms with van der Waals surface area (Å²) >= 11 is 21.2. The first kappa shape index (κ1) is 15.4. The molecule has 20 heavy (non-hydrogen) atoms. The highest BCUT2D eigenvalue weighted by atomic mass is 79.9. The molecule has 3 nitrogen and oxygen atoms in total. The fraction of sp³-hybridized carbons (Fsp3) is 0. The van der Waals surface area contributed by atoms with Gasteiger partial charge in [0.15, 0.2) is 0 Å². The molecule has 1 N–H and O–H groups in total. The lowest BCUT2D eigenvalue weighted by atomic mass is 10.2. The van der Waals surface area contributed by atoms with Crippen molar-refractivity contribution in [2.45, 2.75) is 0 Å². The smallest absolute Gasteiger partial charge is 0.335 e. The minimum atomic E-state index is -1.07. The summed E-state index contributed by atoms with van der Waals surface area (Å²) in [5.74, 6) is -0.454. The fourth-order valence-electron chi connectivity index (χ4n) is 1.42. The summed E-state index contributed by atoms with van der Waals surface area (Å²) in [4.78, 5) is 10.8. The van der Waals surface area contributed by atoms with Gasteiger partial charge >= 0.3 is 5.97 Å². The number of carboxylic acids is 1. The van der Waals surface area contributed by atoms with E-state index in [1.807, 2.05) is 0 Å². The Morgan fingerprint density at radius 2 is 1.65 bits per heavy atom. The van der Waals surface area contributed by atoms with Crippen LogP contribution in [-0.2, 0) is 0 Å². The SMILES string of the molecule is O=C(O)c1ccc(Oc2cc(Cl)c(Br)cc2Cl)c(Cl)c1. The maximum atomic E-state index is 10.8. The number of rotatable bonds is 3. The lowest BCUT2D eigenvalue weighted by molar-refractivity contribution is 0.0697. The molecule has 0 spiro atoms. The lowest BCUT2D eigenvalue weighted by Gasteiger charge is -2.10. The van der Waals surface area contributed by atoms with E-state index in [9.17, 15) is 4.79 Å². The monoisotopic (exact) mass is 394 g/mol. The van der Waals surface area contributed by atoms with E-state index in [0.29, 0.717) is 20.3 Å². The van der Waals surface area contributed by atoms with Crippen molar-refractivity contribution in [1.82, 2.24) is 0 Å². The predicted octanol–water partition coefficient (Wildman–Crippen LogP) is 5.90. The van der Waals surface area contributed by atoms with Gasteiger partial charge in [0.2, 0.25) is 0 Å². The zero-order valence-electron chi connectivity index (χ0n) is 9.66. The quantitative estimate of drug-likeness (QED) is 0.657. The van der Waals surface area contributed by atoms with Crippen LogP contribution in [0.1, 0.15) is 10.4 Å². The zero-order valence-corrected chi connectivity index (χ0v) is 13.5. The van der Waals surface area contributed by atoms with Crippen molar-refractivity contribution in [3.63, 3.8) is 0 Å². The average molecular weight is 396 g/mol. The molecule has 2 aromatic rings. The van der Waals surface area contributed by atoms with Gasteiger partial charge in [0.25, 0.3) is 0 Å². The molecule has 0 atom stereocenters. The highest BCUT2D eigenvalue weighted by molar-refractivity contribution is 9.10. The topological polar surface area (TPSA) is 46.5 Å². The molecule has 0 radical (unpaired) electrons. The normalized spacial score (nSPS) is 10.4. The Bertz CT molecular complexity index is 689. The van der Waals surface area contributed by atoms with Crippen LogP contribution in [0.3, 0.4) is 0 Å². The van der Waals surface area contributed by atoms with Crippen LogP contribution >= 0.6 is 50.7 Å². The van der Waals surface area contributed by atoms with Crippen LogP contribution in [-0.4, -0.2) is 11.1 Å². The Morgan fingerprint density at radius 1 is 1.00 bits per heavy atom. The standard InChI is InChI=1S/C13H6BrCl3O3/c14-7-4-10(17)12(5-8(7)15)20-11-2-1-6(13(18)19)3-9(11)16/h1-5H,(H,18,19). The number of benzene rings is 2. The number of hydrogen-bond acceptors (Lipinski definition) is 2. The van der Waals surface area contributed by atoms with Crippen LogP contribution in [0.5, 0.6) is 11.5 Å². The van der Waals surface area contributed by atoms with Crippen LogP contribution in [0, 0.1) is 0 Å². The van der Waals surface area contributed by atoms with Crippen molar-refractivity contribution in [2.24, 2.45) is 0 Å². The lowest BCUT2D eigenvalue weighted by Crippen LogP contribution is -1.96. The summed E-state index contributed by atoms with van der Waals surface area (Å²) in [6.45, 7) is 0. The number of hydrogen-bond donors (Lipinski definition) is 1. The first-order chi connectivity index (χ1) is 9.38. The first-order valence-electron chi connectivity index (χ1n) is 5.23. The highest BCUT2D eigenvalue weighted by Crippen LogP contribution is 2.38. The van der Waals surface area contributed by atoms with Crippen molar-refractivity contribution in [2.75, 3.05) is 0 Å². The molecule has 0 heterocycles. The van der Waals surface area contributed by atoms with Crippen molar-refractivity contribution >= 4 is 56.7 Å². The molecule has 2 aromatic carbocycles. The third-order valence-electron chi connectivity index (χ3n) is 2.37. The molecule has 0 aliphatic carbocycles. The van der Waals surface area contributed by atoms with Gasteiger partial charge in [0, 0.05) is 10.5 Å². The Hall–Kier alpha value is -0.940. The molecule has 0 aliphatic heterocycles. The van der Waals surface area contributed by atoms with Gasteiger partial charge in [-0.05, 0) is 40.2 Å². The summed E-state index contributed by atoms with van der Waals surface area (Å²) in [5, 5.41) is 9.80. The molecule has 0 amide bonds. The minimum Gasteiger partial charge on any atom is -0.478 e. The van der Waals surface area contributed by atoms with Crippen molar-refractivity contribution < 1.29 is 14.6 Å². The van der Waals surface area contributed by atoms with E-state index in [1.54, 1.807) is 6.07 Å². The van der Waals surface area contributed by atoms with Crippen molar-refractivity contribution in [3.8, 4) is 11.5 Å². The first-order valence-corrected chi connectivity index (χ1v) is 7.16. The Kier molecular flexibility index (Phi) is 4.81. The number of aromatic carboxylic acids is 1. The van der Waals surface area contributed by atoms with E-state index in [1.165, 1.54) is 24.3 Å². The molecule has 0 bridgehead atoms. The van der Waals surface area contributed by atoms with Crippen molar-refractivity contribution in [1.29, 1.82) is 0 Å². The molecular formula is C13H6BrCl3O3. The summed E-state index contributed by atoms with van der Waals surface area (Å²) in [7, 11) is 0. The summed E-state index contributed by atoms with van der Waals surface area (Å²) in [5.41, 5.74) is 0.0716. The van der Waals surface area contributed by atoms with Crippen LogP contribution in [0.25, 0.3) is 0 Å². The third-order valence-corrected chi connectivity index (χ3v) is 4.16. The van der Waals surface area contributed by atoms with E-state index in [2.05, 4.69) is 15.9 Å². The Labute approximate surface area is 138 Å². The molecular weight excluding hydrogens is 390 g/mol. The second-order valence-corrected chi connectivity index (χ2v) is 5.83. The van der Waals surface area contributed by atoms with E-state index in [4.69, 9.17) is 44.6 Å². The predicted molar refractivity (Wildman–Crippen MR) is 82.6 cm³/mol. The largest absolute Gasteiger partial charge is 0.478 e. The number of ether oxygens (including phenoxy) is 1. The third kappa shape index (κ3) is 3.38. The second kappa shape index (κ2) is 6.22. The van der Waals surface area contributed by atoms with Crippen molar-refractivity contribution in [3.05, 3.63) is 55.4 Å². The van der Waals surface area contributed by atoms with Gasteiger partial charge in [-0.3, -0.25) is 0 Å². The highest BCUT2D eigenvalue weighted by Gasteiger charge is 2.12. The number of carbonyl (C=O) groups is 1. The van der Waals surface area contributed by atoms with Gasteiger partial charge in [-0.2, -0.15) is 0 Å². The van der Waals surface area contributed by atoms with Gasteiger partial charge in [0.05, 0.1) is 20.6 Å². The van der Waals surface area contributed by atoms with E-state index < -0.39 is 5.97 Å². The van der Waals surface area contributed by atoms with E-state index in [-0.39, 0.29) is 16.3 Å². The summed E-state index contributed by atoms with van der Waals surface area (Å²) < 4.78 is 6.19. The maximum Gasteiger partial charge on any atom is 0.335 e. The molecule has 0 aliphatic rings. The molecule has 0 saturated heterocycles. The Morgan fingerprint density at radius 3 is 2.25 bits per heavy atom. The van der Waals surface area contributed by atoms with Gasteiger partial charge < -0.3 is 9.84 Å². The molecule has 7 heteroatoms. The van der Waals surface area contributed by atoms with Gasteiger partial charge in [-0.15, -0.1) is 0 Å². The zero-order chi connectivity index (χ0) is 14.9. The van der Waals surface area contributed by atoms with Gasteiger partial charge in [0.1, 0.15) is 11.5 Å². The molecule has 0 unspecified atom stereocenters. The van der Waals surface area contributed by atoms with Gasteiger partial charge in [-0.25, -0.2) is 4.79 Å². The molecule has 2 rings (SSSR count). The second-order valence-electron chi connectivity index (χ2n) is 3.75. The maximum absolute atomic E-state index is 10.8. The molecule has 0 fully saturated rings. The van der Waals surface area contributed by atoms with Crippen LogP contribution in [0.2, 0.25) is 15.1 Å². The van der Waals surface area contributed by atoms with Crippen LogP contribution in [0.4, 0.5) is 0 Å². The van der Waals surface area contributed by atoms with E-state index >= 15 is 0 Å². The summed E-state index contributed by atoms with van der Waals surface area (Å²) in [6, 6.07) is 7.28. The fourth-order valence-corrected chi connectivity index (χ4v) is 2.47. The van der Waals surface area contributed by atoms with Crippen LogP contribution in [0.15, 0.2) is 34.8 Å². The summed E-state index contributed by atoms with van der Waals surface area (Å²) in [6.07, 6.45) is 0. The minimum absolute atomic E-state index is 0.0716. The van der Waals surface area contributed by atoms with Crippen LogP contribution < -0.4 is 4.74 Å². The average Bonchev–Trinajstić information content (AvgIpc) is 2.37. The molecule has 0 saturated carbocycles. The molecule has 104 valence electrons. The van der Waals surface area contributed by atoms with Gasteiger partial charge in [-0.1, -0.05) is 34.8 Å².